The molecule has 0 aliphatic rings. The van der Waals surface area contributed by atoms with E-state index >= 15 is 0 Å². The highest BCUT2D eigenvalue weighted by Gasteiger charge is 2.11. The third-order valence-corrected chi connectivity index (χ3v) is 4.93. The van der Waals surface area contributed by atoms with Crippen molar-refractivity contribution in [3.63, 3.8) is 0 Å². The van der Waals surface area contributed by atoms with Crippen LogP contribution in [0.25, 0.3) is 6.08 Å². The summed E-state index contributed by atoms with van der Waals surface area (Å²) in [6.45, 7) is 3.72. The summed E-state index contributed by atoms with van der Waals surface area (Å²) in [4.78, 5) is 12.3. The molecule has 31 heavy (non-hydrogen) atoms. The predicted octanol–water partition coefficient (Wildman–Crippen LogP) is 4.79. The van der Waals surface area contributed by atoms with Gasteiger partial charge in [0.25, 0.3) is 0 Å². The normalized spacial score (nSPS) is 11.3. The number of nitrogens with one attached hydrogen (secondary N) is 1. The van der Waals surface area contributed by atoms with Gasteiger partial charge in [-0.25, -0.2) is 0 Å². The molecule has 5 nitrogen and oxygen atoms in total. The maximum absolute atomic E-state index is 12.5. The zero-order chi connectivity index (χ0) is 22.4. The van der Waals surface area contributed by atoms with Crippen LogP contribution in [0.4, 0.5) is 8.78 Å². The van der Waals surface area contributed by atoms with E-state index in [0.29, 0.717) is 12.1 Å². The van der Waals surface area contributed by atoms with Gasteiger partial charge in [-0.3, -0.25) is 9.48 Å². The van der Waals surface area contributed by atoms with Crippen LogP contribution in [0.5, 0.6) is 5.75 Å². The number of benzene rings is 2. The van der Waals surface area contributed by atoms with Crippen molar-refractivity contribution >= 4 is 12.0 Å². The molecule has 1 heterocycles. The van der Waals surface area contributed by atoms with Crippen LogP contribution in [0.3, 0.4) is 0 Å². The molecular weight excluding hydrogens is 400 g/mol. The van der Waals surface area contributed by atoms with Crippen LogP contribution in [-0.2, 0) is 17.9 Å². The van der Waals surface area contributed by atoms with E-state index in [0.717, 1.165) is 22.5 Å². The standard InChI is InChI=1S/C24H25F2N3O2/c1-16-8-10-19(11-9-16)15-29-18(3)21(17(2)28-29)12-13-23(30)27-14-20-6-4-5-7-22(20)31-24(25)26/h4-13,24H,14-15H2,1-3H3,(H,27,30)/b13-12+. The minimum atomic E-state index is -2.92. The summed E-state index contributed by atoms with van der Waals surface area (Å²) in [5.74, 6) is -0.289. The Hall–Kier alpha value is -3.48. The zero-order valence-electron chi connectivity index (χ0n) is 17.7. The van der Waals surface area contributed by atoms with E-state index in [-0.39, 0.29) is 18.2 Å². The highest BCUT2D eigenvalue weighted by molar-refractivity contribution is 5.92. The van der Waals surface area contributed by atoms with Gasteiger partial charge in [0, 0.05) is 29.4 Å². The number of aryl methyl sites for hydroxylation is 2. The van der Waals surface area contributed by atoms with E-state index < -0.39 is 6.61 Å². The monoisotopic (exact) mass is 425 g/mol. The molecule has 0 atom stereocenters. The molecule has 0 spiro atoms. The first-order chi connectivity index (χ1) is 14.8. The summed E-state index contributed by atoms with van der Waals surface area (Å²) in [5.41, 5.74) is 5.48. The maximum atomic E-state index is 12.5. The predicted molar refractivity (Wildman–Crippen MR) is 116 cm³/mol. The molecule has 0 aliphatic carbocycles. The summed E-state index contributed by atoms with van der Waals surface area (Å²) in [6.07, 6.45) is 3.14. The lowest BCUT2D eigenvalue weighted by atomic mass is 10.1. The van der Waals surface area contributed by atoms with E-state index in [1.807, 2.05) is 25.5 Å². The number of carbonyl (C=O) groups excluding carboxylic acids is 1. The topological polar surface area (TPSA) is 56.2 Å². The lowest BCUT2D eigenvalue weighted by Crippen LogP contribution is -2.21. The Labute approximate surface area is 180 Å². The largest absolute Gasteiger partial charge is 0.434 e. The molecule has 0 aliphatic heterocycles. The second kappa shape index (κ2) is 10.0. The van der Waals surface area contributed by atoms with Gasteiger partial charge in [0.05, 0.1) is 12.2 Å². The SMILES string of the molecule is Cc1ccc(Cn2nc(C)c(/C=C/C(=O)NCc3ccccc3OC(F)F)c2C)cc1. The van der Waals surface area contributed by atoms with Gasteiger partial charge in [-0.05, 0) is 38.5 Å². The van der Waals surface area contributed by atoms with Gasteiger partial charge in [0.1, 0.15) is 5.75 Å². The fourth-order valence-corrected chi connectivity index (χ4v) is 3.23. The van der Waals surface area contributed by atoms with Crippen molar-refractivity contribution in [2.75, 3.05) is 0 Å². The number of aromatic nitrogens is 2. The number of hydrogen-bond acceptors (Lipinski definition) is 3. The van der Waals surface area contributed by atoms with Gasteiger partial charge in [-0.2, -0.15) is 13.9 Å². The van der Waals surface area contributed by atoms with Crippen LogP contribution in [0.1, 0.15) is 33.6 Å². The van der Waals surface area contributed by atoms with Crippen LogP contribution in [0.15, 0.2) is 54.6 Å². The summed E-state index contributed by atoms with van der Waals surface area (Å²) in [6, 6.07) is 14.7. The van der Waals surface area contributed by atoms with Gasteiger partial charge in [-0.15, -0.1) is 0 Å². The van der Waals surface area contributed by atoms with Crippen LogP contribution in [0.2, 0.25) is 0 Å². The molecule has 162 valence electrons. The zero-order valence-corrected chi connectivity index (χ0v) is 17.7. The van der Waals surface area contributed by atoms with Crippen molar-refractivity contribution in [1.82, 2.24) is 15.1 Å². The van der Waals surface area contributed by atoms with Crippen LogP contribution in [-0.4, -0.2) is 22.3 Å². The highest BCUT2D eigenvalue weighted by atomic mass is 19.3. The molecule has 0 fully saturated rings. The van der Waals surface area contributed by atoms with Gasteiger partial charge in [0.2, 0.25) is 5.91 Å². The summed E-state index contributed by atoms with van der Waals surface area (Å²) >= 11 is 0. The summed E-state index contributed by atoms with van der Waals surface area (Å²) < 4.78 is 31.4. The Morgan fingerprint density at radius 3 is 2.55 bits per heavy atom. The molecule has 0 unspecified atom stereocenters. The molecule has 1 amide bonds. The van der Waals surface area contributed by atoms with Crippen molar-refractivity contribution < 1.29 is 18.3 Å². The Morgan fingerprint density at radius 2 is 1.84 bits per heavy atom. The van der Waals surface area contributed by atoms with Crippen LogP contribution in [0, 0.1) is 20.8 Å². The Kier molecular flexibility index (Phi) is 7.18. The lowest BCUT2D eigenvalue weighted by molar-refractivity contribution is -0.116. The van der Waals surface area contributed by atoms with E-state index in [4.69, 9.17) is 0 Å². The number of alkyl halides is 2. The third-order valence-electron chi connectivity index (χ3n) is 4.93. The molecule has 1 aromatic heterocycles. The molecule has 3 rings (SSSR count). The number of halogens is 2. The number of para-hydroxylation sites is 1. The quantitative estimate of drug-likeness (QED) is 0.528. The molecule has 0 radical (unpaired) electrons. The van der Waals surface area contributed by atoms with E-state index in [1.165, 1.54) is 17.7 Å². The van der Waals surface area contributed by atoms with Gasteiger partial charge in [-0.1, -0.05) is 48.0 Å². The number of hydrogen-bond donors (Lipinski definition) is 1. The van der Waals surface area contributed by atoms with Crippen molar-refractivity contribution in [3.8, 4) is 5.75 Å². The first-order valence-electron chi connectivity index (χ1n) is 9.91. The van der Waals surface area contributed by atoms with Crippen molar-refractivity contribution in [1.29, 1.82) is 0 Å². The smallest absolute Gasteiger partial charge is 0.387 e. The van der Waals surface area contributed by atoms with Crippen molar-refractivity contribution in [3.05, 3.63) is 88.2 Å². The maximum Gasteiger partial charge on any atom is 0.387 e. The minimum absolute atomic E-state index is 0.0471. The van der Waals surface area contributed by atoms with Crippen molar-refractivity contribution in [2.45, 2.75) is 40.5 Å². The molecule has 1 N–H and O–H groups in total. The number of ether oxygens (including phenoxy) is 1. The van der Waals surface area contributed by atoms with E-state index in [9.17, 15) is 13.6 Å². The molecular formula is C24H25F2N3O2. The summed E-state index contributed by atoms with van der Waals surface area (Å²) in [5, 5.41) is 7.28. The number of amides is 1. The fourth-order valence-electron chi connectivity index (χ4n) is 3.23. The number of nitrogens with zero attached hydrogens (tertiary/aromatic N) is 2. The molecule has 2 aromatic carbocycles. The Morgan fingerprint density at radius 1 is 1.13 bits per heavy atom. The van der Waals surface area contributed by atoms with Crippen molar-refractivity contribution in [2.24, 2.45) is 0 Å². The first kappa shape index (κ1) is 22.2. The van der Waals surface area contributed by atoms with E-state index in [2.05, 4.69) is 39.4 Å². The fraction of sp³-hybridized carbons (Fsp3) is 0.250. The third kappa shape index (κ3) is 6.01. The van der Waals surface area contributed by atoms with Gasteiger partial charge >= 0.3 is 6.61 Å². The molecule has 0 bridgehead atoms. The van der Waals surface area contributed by atoms with Crippen LogP contribution >= 0.6 is 0 Å². The lowest BCUT2D eigenvalue weighted by Gasteiger charge is -2.10. The first-order valence-corrected chi connectivity index (χ1v) is 9.91. The molecule has 3 aromatic rings. The number of carbonyl (C=O) groups is 1. The summed E-state index contributed by atoms with van der Waals surface area (Å²) in [7, 11) is 0. The number of rotatable bonds is 8. The Bertz CT molecular complexity index is 1070. The van der Waals surface area contributed by atoms with Crippen LogP contribution < -0.4 is 10.1 Å². The average Bonchev–Trinajstić information content (AvgIpc) is 2.99. The highest BCUT2D eigenvalue weighted by Crippen LogP contribution is 2.20. The minimum Gasteiger partial charge on any atom is -0.434 e. The second-order valence-electron chi connectivity index (χ2n) is 7.27. The molecule has 0 saturated heterocycles. The molecule has 7 heteroatoms. The second-order valence-corrected chi connectivity index (χ2v) is 7.27. The van der Waals surface area contributed by atoms with Gasteiger partial charge < -0.3 is 10.1 Å². The average molecular weight is 425 g/mol. The van der Waals surface area contributed by atoms with E-state index in [1.54, 1.807) is 24.3 Å². The molecule has 0 saturated carbocycles. The Balaban J connectivity index is 1.65. The van der Waals surface area contributed by atoms with Gasteiger partial charge in [0.15, 0.2) is 0 Å².